The number of rotatable bonds is 3. The van der Waals surface area contributed by atoms with E-state index in [1.54, 1.807) is 7.11 Å². The number of fused-ring (bicyclic) bond motifs is 1. The Balaban J connectivity index is 1.96. The van der Waals surface area contributed by atoms with Gasteiger partial charge in [-0.05, 0) is 36.2 Å². The zero-order valence-electron chi connectivity index (χ0n) is 10.4. The summed E-state index contributed by atoms with van der Waals surface area (Å²) in [6.07, 6.45) is 1.10. The molecule has 1 aromatic carbocycles. The lowest BCUT2D eigenvalue weighted by Gasteiger charge is -2.06. The van der Waals surface area contributed by atoms with Gasteiger partial charge in [0.15, 0.2) is 0 Å². The van der Waals surface area contributed by atoms with E-state index in [2.05, 4.69) is 28.5 Å². The van der Waals surface area contributed by atoms with Crippen molar-refractivity contribution in [3.63, 3.8) is 0 Å². The van der Waals surface area contributed by atoms with Gasteiger partial charge in [-0.25, -0.2) is 0 Å². The molecule has 1 N–H and O–H groups in total. The van der Waals surface area contributed by atoms with Gasteiger partial charge in [0.2, 0.25) is 0 Å². The maximum absolute atomic E-state index is 5.12. The topological polar surface area (TPSA) is 34.1 Å². The Bertz CT molecular complexity index is 566. The Morgan fingerprint density at radius 2 is 2.22 bits per heavy atom. The highest BCUT2D eigenvalue weighted by molar-refractivity contribution is 5.67. The Hall–Kier alpha value is -1.87. The summed E-state index contributed by atoms with van der Waals surface area (Å²) in [5, 5.41) is 3.37. The van der Waals surface area contributed by atoms with Crippen LogP contribution in [0.15, 0.2) is 36.4 Å². The Morgan fingerprint density at radius 1 is 1.28 bits per heavy atom. The molecule has 3 heteroatoms. The van der Waals surface area contributed by atoms with Crippen molar-refractivity contribution < 1.29 is 4.74 Å². The van der Waals surface area contributed by atoms with Crippen LogP contribution in [0, 0.1) is 0 Å². The van der Waals surface area contributed by atoms with Gasteiger partial charge in [-0.3, -0.25) is 4.98 Å². The molecule has 0 saturated heterocycles. The van der Waals surface area contributed by atoms with Crippen molar-refractivity contribution >= 4 is 5.69 Å². The number of anilines is 1. The van der Waals surface area contributed by atoms with Gasteiger partial charge in [-0.2, -0.15) is 0 Å². The van der Waals surface area contributed by atoms with Gasteiger partial charge in [0.25, 0.3) is 0 Å². The van der Waals surface area contributed by atoms with Crippen LogP contribution in [-0.4, -0.2) is 18.6 Å². The first-order valence-electron chi connectivity index (χ1n) is 6.19. The largest absolute Gasteiger partial charge is 0.384 e. The van der Waals surface area contributed by atoms with Crippen LogP contribution in [0.5, 0.6) is 0 Å². The van der Waals surface area contributed by atoms with Gasteiger partial charge in [0.05, 0.1) is 18.0 Å². The first-order valence-corrected chi connectivity index (χ1v) is 6.19. The number of nitrogens with zero attached hydrogens (tertiary/aromatic N) is 1. The second-order valence-corrected chi connectivity index (χ2v) is 4.50. The second kappa shape index (κ2) is 4.78. The minimum atomic E-state index is 0.556. The highest BCUT2D eigenvalue weighted by Gasteiger charge is 2.11. The number of methoxy groups -OCH3 is 1. The van der Waals surface area contributed by atoms with E-state index >= 15 is 0 Å². The SMILES string of the molecule is COCc1cccc(-c2ccc3c(c2)CCN3)n1. The minimum Gasteiger partial charge on any atom is -0.384 e. The van der Waals surface area contributed by atoms with E-state index in [-0.39, 0.29) is 0 Å². The van der Waals surface area contributed by atoms with Gasteiger partial charge in [0.1, 0.15) is 0 Å². The van der Waals surface area contributed by atoms with Crippen molar-refractivity contribution in [2.24, 2.45) is 0 Å². The highest BCUT2D eigenvalue weighted by atomic mass is 16.5. The molecule has 0 spiro atoms. The number of aromatic nitrogens is 1. The molecule has 1 aliphatic heterocycles. The number of hydrogen-bond donors (Lipinski definition) is 1. The summed E-state index contributed by atoms with van der Waals surface area (Å²) in [7, 11) is 1.69. The van der Waals surface area contributed by atoms with Gasteiger partial charge in [0, 0.05) is 24.9 Å². The molecule has 2 heterocycles. The van der Waals surface area contributed by atoms with Gasteiger partial charge in [-0.1, -0.05) is 12.1 Å². The predicted molar refractivity (Wildman–Crippen MR) is 72.6 cm³/mol. The van der Waals surface area contributed by atoms with E-state index in [0.29, 0.717) is 6.61 Å². The lowest BCUT2D eigenvalue weighted by atomic mass is 10.1. The smallest absolute Gasteiger partial charge is 0.0884 e. The van der Waals surface area contributed by atoms with Crippen LogP contribution in [0.1, 0.15) is 11.3 Å². The summed E-state index contributed by atoms with van der Waals surface area (Å²) in [5.74, 6) is 0. The minimum absolute atomic E-state index is 0.556. The number of benzene rings is 1. The summed E-state index contributed by atoms with van der Waals surface area (Å²) in [5.41, 5.74) is 5.79. The van der Waals surface area contributed by atoms with E-state index in [0.717, 1.165) is 24.4 Å². The van der Waals surface area contributed by atoms with Crippen LogP contribution in [0.25, 0.3) is 11.3 Å². The predicted octanol–water partition coefficient (Wildman–Crippen LogP) is 2.86. The molecular formula is C15H16N2O. The molecular weight excluding hydrogens is 224 g/mol. The zero-order chi connectivity index (χ0) is 12.4. The Morgan fingerprint density at radius 3 is 3.11 bits per heavy atom. The highest BCUT2D eigenvalue weighted by Crippen LogP contribution is 2.27. The van der Waals surface area contributed by atoms with Crippen molar-refractivity contribution in [2.75, 3.05) is 19.0 Å². The molecule has 0 amide bonds. The van der Waals surface area contributed by atoms with Crippen LogP contribution in [0.3, 0.4) is 0 Å². The monoisotopic (exact) mass is 240 g/mol. The standard InChI is InChI=1S/C15H16N2O/c1-18-10-13-3-2-4-15(17-13)11-5-6-14-12(9-11)7-8-16-14/h2-6,9,16H,7-8,10H2,1H3. The van der Waals surface area contributed by atoms with Crippen molar-refractivity contribution in [3.05, 3.63) is 47.7 Å². The van der Waals surface area contributed by atoms with Crippen LogP contribution < -0.4 is 5.32 Å². The van der Waals surface area contributed by atoms with Crippen LogP contribution in [-0.2, 0) is 17.8 Å². The zero-order valence-corrected chi connectivity index (χ0v) is 10.4. The fourth-order valence-electron chi connectivity index (χ4n) is 2.33. The third-order valence-corrected chi connectivity index (χ3v) is 3.21. The average Bonchev–Trinajstić information content (AvgIpc) is 2.86. The fourth-order valence-corrected chi connectivity index (χ4v) is 2.33. The van der Waals surface area contributed by atoms with Crippen LogP contribution >= 0.6 is 0 Å². The summed E-state index contributed by atoms with van der Waals surface area (Å²) in [6.45, 7) is 1.59. The second-order valence-electron chi connectivity index (χ2n) is 4.50. The average molecular weight is 240 g/mol. The Labute approximate surface area is 107 Å². The summed E-state index contributed by atoms with van der Waals surface area (Å²) >= 11 is 0. The molecule has 0 bridgehead atoms. The summed E-state index contributed by atoms with van der Waals surface area (Å²) < 4.78 is 5.12. The molecule has 3 nitrogen and oxygen atoms in total. The van der Waals surface area contributed by atoms with Crippen molar-refractivity contribution in [1.29, 1.82) is 0 Å². The van der Waals surface area contributed by atoms with E-state index < -0.39 is 0 Å². The van der Waals surface area contributed by atoms with Gasteiger partial charge >= 0.3 is 0 Å². The van der Waals surface area contributed by atoms with E-state index in [9.17, 15) is 0 Å². The van der Waals surface area contributed by atoms with E-state index in [1.165, 1.54) is 16.8 Å². The molecule has 3 rings (SSSR count). The summed E-state index contributed by atoms with van der Waals surface area (Å²) in [6, 6.07) is 12.6. The van der Waals surface area contributed by atoms with Crippen molar-refractivity contribution in [1.82, 2.24) is 4.98 Å². The normalized spacial score (nSPS) is 13.2. The lowest BCUT2D eigenvalue weighted by Crippen LogP contribution is -1.94. The number of pyridine rings is 1. The third-order valence-electron chi connectivity index (χ3n) is 3.21. The van der Waals surface area contributed by atoms with E-state index in [4.69, 9.17) is 4.74 Å². The number of hydrogen-bond acceptors (Lipinski definition) is 3. The Kier molecular flexibility index (Phi) is 2.99. The molecule has 0 atom stereocenters. The van der Waals surface area contributed by atoms with Crippen LogP contribution in [0.4, 0.5) is 5.69 Å². The van der Waals surface area contributed by atoms with Crippen LogP contribution in [0.2, 0.25) is 0 Å². The first-order chi connectivity index (χ1) is 8.86. The van der Waals surface area contributed by atoms with E-state index in [1.807, 2.05) is 18.2 Å². The van der Waals surface area contributed by atoms with Gasteiger partial charge in [-0.15, -0.1) is 0 Å². The molecule has 0 fully saturated rings. The molecule has 18 heavy (non-hydrogen) atoms. The fraction of sp³-hybridized carbons (Fsp3) is 0.267. The molecule has 0 unspecified atom stereocenters. The quantitative estimate of drug-likeness (QED) is 0.895. The molecule has 0 radical (unpaired) electrons. The molecule has 0 aliphatic carbocycles. The number of ether oxygens (including phenoxy) is 1. The number of nitrogens with one attached hydrogen (secondary N) is 1. The molecule has 2 aromatic rings. The molecule has 92 valence electrons. The van der Waals surface area contributed by atoms with Crippen molar-refractivity contribution in [2.45, 2.75) is 13.0 Å². The molecule has 1 aliphatic rings. The lowest BCUT2D eigenvalue weighted by molar-refractivity contribution is 0.181. The maximum atomic E-state index is 5.12. The maximum Gasteiger partial charge on any atom is 0.0884 e. The first kappa shape index (κ1) is 11.2. The molecule has 1 aromatic heterocycles. The summed E-state index contributed by atoms with van der Waals surface area (Å²) in [4.78, 5) is 4.61. The third kappa shape index (κ3) is 2.09. The van der Waals surface area contributed by atoms with Crippen molar-refractivity contribution in [3.8, 4) is 11.3 Å². The molecule has 0 saturated carbocycles. The van der Waals surface area contributed by atoms with Gasteiger partial charge < -0.3 is 10.1 Å².